The van der Waals surface area contributed by atoms with Crippen molar-refractivity contribution in [1.29, 1.82) is 0 Å². The lowest BCUT2D eigenvalue weighted by molar-refractivity contribution is 0.620. The lowest BCUT2D eigenvalue weighted by Gasteiger charge is -2.20. The van der Waals surface area contributed by atoms with E-state index in [0.29, 0.717) is 5.92 Å². The zero-order chi connectivity index (χ0) is 20.2. The molecule has 0 saturated heterocycles. The highest BCUT2D eigenvalue weighted by atomic mass is 127. The summed E-state index contributed by atoms with van der Waals surface area (Å²) in [5.74, 6) is 2.42. The number of aromatic nitrogens is 3. The maximum Gasteiger partial charge on any atom is 0.191 e. The van der Waals surface area contributed by atoms with Gasteiger partial charge in [-0.25, -0.2) is 0 Å². The van der Waals surface area contributed by atoms with Gasteiger partial charge in [-0.3, -0.25) is 4.99 Å². The van der Waals surface area contributed by atoms with E-state index in [0.717, 1.165) is 57.3 Å². The second-order valence-corrected chi connectivity index (χ2v) is 7.34. The van der Waals surface area contributed by atoms with E-state index >= 15 is 0 Å². The van der Waals surface area contributed by atoms with Crippen molar-refractivity contribution in [2.24, 2.45) is 10.9 Å². The lowest BCUT2D eigenvalue weighted by atomic mass is 10.2. The summed E-state index contributed by atoms with van der Waals surface area (Å²) in [6, 6.07) is 10.5. The molecule has 1 aromatic heterocycles. The fraction of sp³-hybridized carbons (Fsp3) is 0.571. The van der Waals surface area contributed by atoms with Crippen molar-refractivity contribution in [2.75, 3.05) is 38.1 Å². The van der Waals surface area contributed by atoms with Crippen LogP contribution in [0.2, 0.25) is 0 Å². The van der Waals surface area contributed by atoms with E-state index in [-0.39, 0.29) is 24.0 Å². The van der Waals surface area contributed by atoms with E-state index in [1.54, 1.807) is 6.33 Å². The Morgan fingerprint density at radius 1 is 1.17 bits per heavy atom. The molecule has 0 saturated carbocycles. The lowest BCUT2D eigenvalue weighted by Crippen LogP contribution is -2.40. The molecule has 7 nitrogen and oxygen atoms in total. The van der Waals surface area contributed by atoms with E-state index in [9.17, 15) is 0 Å². The molecule has 0 amide bonds. The van der Waals surface area contributed by atoms with Crippen molar-refractivity contribution in [3.63, 3.8) is 0 Å². The molecule has 0 radical (unpaired) electrons. The number of hydrogen-bond acceptors (Lipinski definition) is 4. The van der Waals surface area contributed by atoms with Gasteiger partial charge in [-0.1, -0.05) is 39.0 Å². The van der Waals surface area contributed by atoms with Crippen LogP contribution in [-0.4, -0.2) is 54.0 Å². The molecule has 29 heavy (non-hydrogen) atoms. The van der Waals surface area contributed by atoms with Crippen LogP contribution in [0.25, 0.3) is 0 Å². The van der Waals surface area contributed by atoms with Crippen LogP contribution >= 0.6 is 24.0 Å². The number of anilines is 1. The zero-order valence-corrected chi connectivity index (χ0v) is 20.5. The second kappa shape index (κ2) is 14.2. The summed E-state index contributed by atoms with van der Waals surface area (Å²) < 4.78 is 2.09. The van der Waals surface area contributed by atoms with Crippen LogP contribution in [0.4, 0.5) is 5.69 Å². The van der Waals surface area contributed by atoms with Crippen molar-refractivity contribution >= 4 is 35.6 Å². The van der Waals surface area contributed by atoms with Crippen LogP contribution in [0.1, 0.15) is 33.0 Å². The van der Waals surface area contributed by atoms with E-state index in [2.05, 4.69) is 82.4 Å². The number of halogens is 1. The summed E-state index contributed by atoms with van der Waals surface area (Å²) in [7, 11) is 2.13. The molecule has 1 aromatic carbocycles. The van der Waals surface area contributed by atoms with Crippen LogP contribution in [0.3, 0.4) is 0 Å². The number of hydrogen-bond donors (Lipinski definition) is 2. The van der Waals surface area contributed by atoms with Gasteiger partial charge in [0.1, 0.15) is 12.2 Å². The summed E-state index contributed by atoms with van der Waals surface area (Å²) in [6.45, 7) is 10.8. The molecule has 162 valence electrons. The molecule has 1 heterocycles. The largest absolute Gasteiger partial charge is 0.375 e. The predicted molar refractivity (Wildman–Crippen MR) is 132 cm³/mol. The molecule has 8 heteroatoms. The van der Waals surface area contributed by atoms with E-state index in [1.807, 2.05) is 6.07 Å². The molecule has 0 aliphatic rings. The van der Waals surface area contributed by atoms with Gasteiger partial charge in [0, 0.05) is 51.9 Å². The third kappa shape index (κ3) is 9.47. The van der Waals surface area contributed by atoms with E-state index in [4.69, 9.17) is 4.99 Å². The normalized spacial score (nSPS) is 11.3. The number of para-hydroxylation sites is 1. The van der Waals surface area contributed by atoms with Crippen LogP contribution in [0.5, 0.6) is 0 Å². The quantitative estimate of drug-likeness (QED) is 0.209. The molecule has 0 atom stereocenters. The third-order valence-electron chi connectivity index (χ3n) is 4.43. The van der Waals surface area contributed by atoms with Crippen molar-refractivity contribution in [2.45, 2.75) is 40.2 Å². The first-order chi connectivity index (χ1) is 13.6. The molecular formula is C21H36IN7. The van der Waals surface area contributed by atoms with Gasteiger partial charge in [-0.15, -0.1) is 34.2 Å². The number of aryl methyl sites for hydroxylation is 1. The molecule has 0 fully saturated rings. The minimum atomic E-state index is 0. The number of benzene rings is 1. The van der Waals surface area contributed by atoms with E-state index in [1.165, 1.54) is 5.69 Å². The van der Waals surface area contributed by atoms with Crippen molar-refractivity contribution in [3.05, 3.63) is 42.5 Å². The fourth-order valence-electron chi connectivity index (χ4n) is 2.82. The first-order valence-corrected chi connectivity index (χ1v) is 10.2. The monoisotopic (exact) mass is 513 g/mol. The summed E-state index contributed by atoms with van der Waals surface area (Å²) >= 11 is 0. The highest BCUT2D eigenvalue weighted by Gasteiger charge is 2.04. The van der Waals surface area contributed by atoms with E-state index < -0.39 is 0 Å². The average molecular weight is 513 g/mol. The standard InChI is InChI=1S/C21H35N7.HI/c1-5-20-26-25-17-28(20)15-13-23-21(24-16-18(2)3)22-12-9-14-27(4)19-10-7-6-8-11-19;/h6-8,10-11,17-18H,5,9,12-16H2,1-4H3,(H2,22,23,24);1H. The molecule has 2 aromatic rings. The van der Waals surface area contributed by atoms with Crippen LogP contribution in [-0.2, 0) is 13.0 Å². The van der Waals surface area contributed by atoms with Crippen molar-refractivity contribution in [1.82, 2.24) is 25.4 Å². The number of nitrogens with one attached hydrogen (secondary N) is 2. The average Bonchev–Trinajstić information content (AvgIpc) is 3.16. The Hall–Kier alpha value is -1.84. The first kappa shape index (κ1) is 25.2. The molecular weight excluding hydrogens is 477 g/mol. The number of nitrogens with zero attached hydrogens (tertiary/aromatic N) is 5. The second-order valence-electron chi connectivity index (χ2n) is 7.34. The third-order valence-corrected chi connectivity index (χ3v) is 4.43. The van der Waals surface area contributed by atoms with Gasteiger partial charge in [0.25, 0.3) is 0 Å². The molecule has 0 aliphatic heterocycles. The van der Waals surface area contributed by atoms with Crippen LogP contribution in [0, 0.1) is 5.92 Å². The Bertz CT molecular complexity index is 700. The smallest absolute Gasteiger partial charge is 0.191 e. The number of rotatable bonds is 11. The Kier molecular flexibility index (Phi) is 12.3. The van der Waals surface area contributed by atoms with Gasteiger partial charge < -0.3 is 20.1 Å². The summed E-state index contributed by atoms with van der Waals surface area (Å²) in [5.41, 5.74) is 1.25. The number of aliphatic imine (C=N–C) groups is 1. The molecule has 0 unspecified atom stereocenters. The highest BCUT2D eigenvalue weighted by Crippen LogP contribution is 2.10. The molecule has 0 spiro atoms. The fourth-order valence-corrected chi connectivity index (χ4v) is 2.82. The number of guanidine groups is 1. The topological polar surface area (TPSA) is 70.4 Å². The molecule has 2 N–H and O–H groups in total. The van der Waals surface area contributed by atoms with Crippen LogP contribution in [0.15, 0.2) is 41.7 Å². The van der Waals surface area contributed by atoms with Gasteiger partial charge in [0.2, 0.25) is 0 Å². The predicted octanol–water partition coefficient (Wildman–Crippen LogP) is 3.18. The SMILES string of the molecule is CCc1nncn1CCNC(=NCC(C)C)NCCCN(C)c1ccccc1.I. The molecule has 0 aliphatic carbocycles. The van der Waals surface area contributed by atoms with Crippen molar-refractivity contribution < 1.29 is 0 Å². The molecule has 0 bridgehead atoms. The van der Waals surface area contributed by atoms with Crippen LogP contribution < -0.4 is 15.5 Å². The van der Waals surface area contributed by atoms with Gasteiger partial charge in [0.05, 0.1) is 0 Å². The zero-order valence-electron chi connectivity index (χ0n) is 18.1. The highest BCUT2D eigenvalue weighted by molar-refractivity contribution is 14.0. The minimum Gasteiger partial charge on any atom is -0.375 e. The summed E-state index contributed by atoms with van der Waals surface area (Å²) in [5, 5.41) is 15.0. The van der Waals surface area contributed by atoms with Crippen molar-refractivity contribution in [3.8, 4) is 0 Å². The minimum absolute atomic E-state index is 0. The first-order valence-electron chi connectivity index (χ1n) is 10.2. The van der Waals surface area contributed by atoms with Gasteiger partial charge in [-0.2, -0.15) is 0 Å². The van der Waals surface area contributed by atoms with Gasteiger partial charge in [0.15, 0.2) is 5.96 Å². The van der Waals surface area contributed by atoms with Gasteiger partial charge >= 0.3 is 0 Å². The Morgan fingerprint density at radius 3 is 2.59 bits per heavy atom. The molecule has 2 rings (SSSR count). The Balaban J connectivity index is 0.00000420. The maximum absolute atomic E-state index is 4.70. The Morgan fingerprint density at radius 2 is 1.90 bits per heavy atom. The van der Waals surface area contributed by atoms with Gasteiger partial charge in [-0.05, 0) is 24.5 Å². The summed E-state index contributed by atoms with van der Waals surface area (Å²) in [4.78, 5) is 6.98. The Labute approximate surface area is 192 Å². The maximum atomic E-state index is 4.70. The summed E-state index contributed by atoms with van der Waals surface area (Å²) in [6.07, 6.45) is 3.72.